The predicted octanol–water partition coefficient (Wildman–Crippen LogP) is 1.11. The fraction of sp³-hybridized carbons (Fsp3) is 0.818. The van der Waals surface area contributed by atoms with E-state index in [9.17, 15) is 22.8 Å². The molecule has 0 aromatic heterocycles. The van der Waals surface area contributed by atoms with E-state index in [0.29, 0.717) is 25.7 Å². The Morgan fingerprint density at radius 2 is 1.94 bits per heavy atom. The van der Waals surface area contributed by atoms with Crippen LogP contribution in [0.5, 0.6) is 0 Å². The summed E-state index contributed by atoms with van der Waals surface area (Å²) < 4.78 is 35.7. The van der Waals surface area contributed by atoms with E-state index in [0.717, 1.165) is 0 Å². The Morgan fingerprint density at radius 1 is 1.39 bits per heavy atom. The third-order valence-electron chi connectivity index (χ3n) is 3.02. The predicted molar refractivity (Wildman–Crippen MR) is 59.0 cm³/mol. The number of Topliss-reactive ketones (excluding diaryl/α,β-unsaturated/α-hetero) is 1. The maximum absolute atomic E-state index is 11.9. The molecule has 104 valence electrons. The van der Waals surface area contributed by atoms with Crippen molar-refractivity contribution in [3.05, 3.63) is 0 Å². The first kappa shape index (κ1) is 14.9. The van der Waals surface area contributed by atoms with Gasteiger partial charge in [-0.25, -0.2) is 0 Å². The summed E-state index contributed by atoms with van der Waals surface area (Å²) >= 11 is 0. The summed E-state index contributed by atoms with van der Waals surface area (Å²) in [4.78, 5) is 24.0. The number of alkyl halides is 3. The van der Waals surface area contributed by atoms with Crippen molar-refractivity contribution >= 4 is 11.7 Å². The Hall–Kier alpha value is -1.11. The van der Waals surface area contributed by atoms with Gasteiger partial charge >= 0.3 is 6.18 Å². The van der Waals surface area contributed by atoms with E-state index in [-0.39, 0.29) is 18.4 Å². The van der Waals surface area contributed by atoms with Crippen LogP contribution in [0.15, 0.2) is 0 Å². The summed E-state index contributed by atoms with van der Waals surface area (Å²) in [6.45, 7) is -1.38. The molecule has 0 aromatic carbocycles. The summed E-state index contributed by atoms with van der Waals surface area (Å²) in [5, 5.41) is 1.83. The minimum Gasteiger partial charge on any atom is -0.346 e. The Morgan fingerprint density at radius 3 is 2.44 bits per heavy atom. The lowest BCUT2D eigenvalue weighted by molar-refractivity contribution is -0.139. The van der Waals surface area contributed by atoms with Gasteiger partial charge in [-0.1, -0.05) is 0 Å². The Bertz CT molecular complexity index is 308. The summed E-state index contributed by atoms with van der Waals surface area (Å²) in [6, 6.07) is 0.0966. The lowest BCUT2D eigenvalue weighted by atomic mass is 9.93. The zero-order valence-corrected chi connectivity index (χ0v) is 10.2. The molecular weight excluding hydrogens is 249 g/mol. The number of carbonyl (C=O) groups excluding carboxylic acids is 2. The zero-order chi connectivity index (χ0) is 13.8. The minimum atomic E-state index is -4.38. The smallest absolute Gasteiger partial charge is 0.346 e. The van der Waals surface area contributed by atoms with E-state index in [1.54, 1.807) is 11.9 Å². The molecule has 0 radical (unpaired) electrons. The van der Waals surface area contributed by atoms with E-state index in [4.69, 9.17) is 0 Å². The summed E-state index contributed by atoms with van der Waals surface area (Å²) in [7, 11) is 1.69. The molecule has 0 saturated heterocycles. The first-order valence-electron chi connectivity index (χ1n) is 5.83. The highest BCUT2D eigenvalue weighted by atomic mass is 19.4. The van der Waals surface area contributed by atoms with Crippen LogP contribution in [0.1, 0.15) is 25.7 Å². The van der Waals surface area contributed by atoms with Crippen LogP contribution in [-0.2, 0) is 9.59 Å². The molecule has 1 amide bonds. The van der Waals surface area contributed by atoms with Crippen LogP contribution in [0.25, 0.3) is 0 Å². The molecule has 1 fully saturated rings. The molecule has 7 heteroatoms. The van der Waals surface area contributed by atoms with Crippen molar-refractivity contribution in [2.75, 3.05) is 20.1 Å². The standard InChI is InChI=1S/C11H17F3N2O2/c1-16(8-2-4-9(17)5-3-8)6-10(18)15-7-11(12,13)14/h8H,2-7H2,1H3,(H,15,18). The average Bonchev–Trinajstić information content (AvgIpc) is 2.26. The van der Waals surface area contributed by atoms with Crippen molar-refractivity contribution in [2.24, 2.45) is 0 Å². The third kappa shape index (κ3) is 5.48. The highest BCUT2D eigenvalue weighted by Crippen LogP contribution is 2.19. The van der Waals surface area contributed by atoms with Crippen LogP contribution in [0, 0.1) is 0 Å². The molecular formula is C11H17F3N2O2. The molecule has 18 heavy (non-hydrogen) atoms. The van der Waals surface area contributed by atoms with Gasteiger partial charge < -0.3 is 5.32 Å². The van der Waals surface area contributed by atoms with Gasteiger partial charge in [0.1, 0.15) is 12.3 Å². The van der Waals surface area contributed by atoms with Gasteiger partial charge in [-0.3, -0.25) is 14.5 Å². The first-order valence-corrected chi connectivity index (χ1v) is 5.83. The average molecular weight is 266 g/mol. The van der Waals surface area contributed by atoms with Crippen molar-refractivity contribution in [3.8, 4) is 0 Å². The Labute approximate surface area is 104 Å². The van der Waals surface area contributed by atoms with Gasteiger partial charge in [0.2, 0.25) is 5.91 Å². The van der Waals surface area contributed by atoms with Crippen LogP contribution in [-0.4, -0.2) is 48.9 Å². The van der Waals surface area contributed by atoms with Crippen LogP contribution in [0.2, 0.25) is 0 Å². The molecule has 0 unspecified atom stereocenters. The monoisotopic (exact) mass is 266 g/mol. The maximum Gasteiger partial charge on any atom is 0.405 e. The lowest BCUT2D eigenvalue weighted by Crippen LogP contribution is -2.44. The van der Waals surface area contributed by atoms with Crippen molar-refractivity contribution < 1.29 is 22.8 Å². The number of likely N-dealkylation sites (N-methyl/N-ethyl adjacent to an activating group) is 1. The maximum atomic E-state index is 11.9. The van der Waals surface area contributed by atoms with Crippen molar-refractivity contribution in [1.82, 2.24) is 10.2 Å². The lowest BCUT2D eigenvalue weighted by Gasteiger charge is -2.30. The van der Waals surface area contributed by atoms with Crippen molar-refractivity contribution in [2.45, 2.75) is 37.9 Å². The second-order valence-corrected chi connectivity index (χ2v) is 4.58. The normalized spacial score (nSPS) is 18.2. The molecule has 0 aromatic rings. The number of ketones is 1. The largest absolute Gasteiger partial charge is 0.405 e. The molecule has 1 aliphatic carbocycles. The highest BCUT2D eigenvalue weighted by Gasteiger charge is 2.28. The van der Waals surface area contributed by atoms with Crippen molar-refractivity contribution in [3.63, 3.8) is 0 Å². The first-order chi connectivity index (χ1) is 8.28. The number of carbonyl (C=O) groups is 2. The highest BCUT2D eigenvalue weighted by molar-refractivity contribution is 5.79. The molecule has 1 saturated carbocycles. The third-order valence-corrected chi connectivity index (χ3v) is 3.02. The molecule has 0 bridgehead atoms. The topological polar surface area (TPSA) is 49.4 Å². The number of rotatable bonds is 4. The van der Waals surface area contributed by atoms with Crippen LogP contribution in [0.4, 0.5) is 13.2 Å². The van der Waals surface area contributed by atoms with E-state index in [1.165, 1.54) is 0 Å². The van der Waals surface area contributed by atoms with Crippen LogP contribution in [0.3, 0.4) is 0 Å². The van der Waals surface area contributed by atoms with Gasteiger partial charge in [-0.15, -0.1) is 0 Å². The fourth-order valence-corrected chi connectivity index (χ4v) is 1.98. The van der Waals surface area contributed by atoms with E-state index in [2.05, 4.69) is 0 Å². The van der Waals surface area contributed by atoms with Crippen molar-refractivity contribution in [1.29, 1.82) is 0 Å². The van der Waals surface area contributed by atoms with Gasteiger partial charge in [-0.05, 0) is 19.9 Å². The second-order valence-electron chi connectivity index (χ2n) is 4.58. The second kappa shape index (κ2) is 6.17. The van der Waals surface area contributed by atoms with Gasteiger partial charge in [-0.2, -0.15) is 13.2 Å². The summed E-state index contributed by atoms with van der Waals surface area (Å²) in [5.41, 5.74) is 0. The van der Waals surface area contributed by atoms with Gasteiger partial charge in [0.25, 0.3) is 0 Å². The Balaban J connectivity index is 2.29. The summed E-state index contributed by atoms with van der Waals surface area (Å²) in [6.07, 6.45) is -2.08. The summed E-state index contributed by atoms with van der Waals surface area (Å²) in [5.74, 6) is -0.437. The SMILES string of the molecule is CN(CC(=O)NCC(F)(F)F)C1CCC(=O)CC1. The van der Waals surface area contributed by atoms with Gasteiger partial charge in [0.05, 0.1) is 6.54 Å². The van der Waals surface area contributed by atoms with E-state index in [1.807, 2.05) is 5.32 Å². The molecule has 0 spiro atoms. The van der Waals surface area contributed by atoms with E-state index >= 15 is 0 Å². The number of hydrogen-bond acceptors (Lipinski definition) is 3. The molecule has 0 aliphatic heterocycles. The number of halogens is 3. The molecule has 0 heterocycles. The number of hydrogen-bond donors (Lipinski definition) is 1. The number of nitrogens with zero attached hydrogens (tertiary/aromatic N) is 1. The quantitative estimate of drug-likeness (QED) is 0.829. The number of amides is 1. The van der Waals surface area contributed by atoms with Crippen LogP contribution >= 0.6 is 0 Å². The molecule has 4 nitrogen and oxygen atoms in total. The van der Waals surface area contributed by atoms with Gasteiger partial charge in [0, 0.05) is 18.9 Å². The Kier molecular flexibility index (Phi) is 5.13. The molecule has 1 N–H and O–H groups in total. The fourth-order valence-electron chi connectivity index (χ4n) is 1.98. The molecule has 1 aliphatic rings. The number of nitrogens with one attached hydrogen (secondary N) is 1. The molecule has 0 atom stereocenters. The molecule has 1 rings (SSSR count). The van der Waals surface area contributed by atoms with Crippen LogP contribution < -0.4 is 5.32 Å². The zero-order valence-electron chi connectivity index (χ0n) is 10.2. The van der Waals surface area contributed by atoms with E-state index < -0.39 is 18.6 Å². The van der Waals surface area contributed by atoms with Gasteiger partial charge in [0.15, 0.2) is 0 Å². The minimum absolute atomic E-state index is 0.0745.